The molecule has 0 saturated heterocycles. The van der Waals surface area contributed by atoms with E-state index in [2.05, 4.69) is 20.0 Å². The highest BCUT2D eigenvalue weighted by molar-refractivity contribution is 5.52. The van der Waals surface area contributed by atoms with Crippen molar-refractivity contribution in [3.63, 3.8) is 0 Å². The normalized spacial score (nSPS) is 14.3. The molecule has 0 amide bonds. The summed E-state index contributed by atoms with van der Waals surface area (Å²) in [5.74, 6) is 1.90. The van der Waals surface area contributed by atoms with Gasteiger partial charge in [-0.1, -0.05) is 6.07 Å². The number of benzene rings is 1. The summed E-state index contributed by atoms with van der Waals surface area (Å²) in [4.78, 5) is 10.7. The van der Waals surface area contributed by atoms with Gasteiger partial charge in [0.05, 0.1) is 0 Å². The number of aromatic nitrogens is 2. The number of aryl methyl sites for hydroxylation is 1. The van der Waals surface area contributed by atoms with Crippen molar-refractivity contribution in [2.45, 2.75) is 26.3 Å². The van der Waals surface area contributed by atoms with Crippen LogP contribution in [0.3, 0.4) is 0 Å². The Morgan fingerprint density at radius 1 is 1.17 bits per heavy atom. The summed E-state index contributed by atoms with van der Waals surface area (Å²) < 4.78 is 41.2. The molecule has 0 spiro atoms. The van der Waals surface area contributed by atoms with Crippen LogP contribution in [0.5, 0.6) is 5.75 Å². The van der Waals surface area contributed by atoms with Crippen molar-refractivity contribution in [1.82, 2.24) is 9.97 Å². The van der Waals surface area contributed by atoms with Crippen LogP contribution in [0.4, 0.5) is 24.8 Å². The average molecular weight is 338 g/mol. The van der Waals surface area contributed by atoms with Gasteiger partial charge in [-0.3, -0.25) is 0 Å². The lowest BCUT2D eigenvalue weighted by atomic mass is 9.99. The highest BCUT2D eigenvalue weighted by atomic mass is 19.4. The summed E-state index contributed by atoms with van der Waals surface area (Å²) in [6.07, 6.45) is -3.95. The lowest BCUT2D eigenvalue weighted by Crippen LogP contribution is -2.31. The number of alkyl halides is 3. The van der Waals surface area contributed by atoms with Gasteiger partial charge in [-0.25, -0.2) is 9.97 Å². The van der Waals surface area contributed by atoms with Gasteiger partial charge in [-0.15, -0.1) is 13.2 Å². The second-order valence-corrected chi connectivity index (χ2v) is 5.56. The zero-order chi connectivity index (χ0) is 17.3. The van der Waals surface area contributed by atoms with E-state index in [1.54, 1.807) is 20.0 Å². The molecule has 0 aliphatic carbocycles. The number of ether oxygens (including phenoxy) is 1. The number of rotatable bonds is 3. The van der Waals surface area contributed by atoms with E-state index in [1.165, 1.54) is 12.1 Å². The quantitative estimate of drug-likeness (QED) is 0.931. The Morgan fingerprint density at radius 2 is 1.96 bits per heavy atom. The van der Waals surface area contributed by atoms with Crippen LogP contribution in [0.15, 0.2) is 24.3 Å². The molecule has 2 heterocycles. The van der Waals surface area contributed by atoms with Crippen LogP contribution in [-0.2, 0) is 13.0 Å². The molecule has 0 saturated carbocycles. The smallest absolute Gasteiger partial charge is 0.406 e. The molecule has 1 aromatic heterocycles. The average Bonchev–Trinajstić information content (AvgIpc) is 2.52. The standard InChI is InChI=1S/C16H17F3N4O/c1-10-21-14(20-2)8-15(22-10)23-6-5-11-3-4-13(7-12(11)9-23)24-16(17,18)19/h3-4,7-8H,5-6,9H2,1-2H3,(H,20,21,22). The second kappa shape index (κ2) is 6.18. The van der Waals surface area contributed by atoms with Gasteiger partial charge >= 0.3 is 6.36 Å². The fraction of sp³-hybridized carbons (Fsp3) is 0.375. The van der Waals surface area contributed by atoms with E-state index in [4.69, 9.17) is 0 Å². The van der Waals surface area contributed by atoms with E-state index in [0.717, 1.165) is 29.9 Å². The van der Waals surface area contributed by atoms with E-state index in [9.17, 15) is 13.2 Å². The van der Waals surface area contributed by atoms with Gasteiger partial charge in [0.15, 0.2) is 0 Å². The zero-order valence-corrected chi connectivity index (χ0v) is 13.3. The van der Waals surface area contributed by atoms with Gasteiger partial charge < -0.3 is 15.0 Å². The van der Waals surface area contributed by atoms with Gasteiger partial charge in [0.1, 0.15) is 23.2 Å². The van der Waals surface area contributed by atoms with E-state index in [-0.39, 0.29) is 5.75 Å². The van der Waals surface area contributed by atoms with Gasteiger partial charge in [-0.05, 0) is 36.6 Å². The lowest BCUT2D eigenvalue weighted by molar-refractivity contribution is -0.274. The molecule has 1 aliphatic heterocycles. The number of nitrogens with zero attached hydrogens (tertiary/aromatic N) is 3. The van der Waals surface area contributed by atoms with Gasteiger partial charge in [0.2, 0.25) is 0 Å². The van der Waals surface area contributed by atoms with Crippen LogP contribution in [0.2, 0.25) is 0 Å². The van der Waals surface area contributed by atoms with Crippen LogP contribution in [0.25, 0.3) is 0 Å². The molecule has 1 aliphatic rings. The summed E-state index contributed by atoms with van der Waals surface area (Å²) in [5.41, 5.74) is 1.84. The molecule has 0 bridgehead atoms. The number of hydrogen-bond acceptors (Lipinski definition) is 5. The Bertz CT molecular complexity index is 749. The van der Waals surface area contributed by atoms with Gasteiger partial charge in [0.25, 0.3) is 0 Å². The minimum atomic E-state index is -4.69. The second-order valence-electron chi connectivity index (χ2n) is 5.56. The molecule has 3 rings (SSSR count). The fourth-order valence-corrected chi connectivity index (χ4v) is 2.77. The molecular formula is C16H17F3N4O. The van der Waals surface area contributed by atoms with E-state index < -0.39 is 6.36 Å². The molecular weight excluding hydrogens is 321 g/mol. The topological polar surface area (TPSA) is 50.3 Å². The number of halogens is 3. The molecule has 0 fully saturated rings. The summed E-state index contributed by atoms with van der Waals surface area (Å²) >= 11 is 0. The molecule has 2 aromatic rings. The van der Waals surface area contributed by atoms with Crippen molar-refractivity contribution < 1.29 is 17.9 Å². The minimum Gasteiger partial charge on any atom is -0.406 e. The molecule has 0 atom stereocenters. The van der Waals surface area contributed by atoms with Crippen molar-refractivity contribution in [3.8, 4) is 5.75 Å². The molecule has 24 heavy (non-hydrogen) atoms. The molecule has 1 aromatic carbocycles. The molecule has 0 unspecified atom stereocenters. The molecule has 8 heteroatoms. The van der Waals surface area contributed by atoms with E-state index in [0.29, 0.717) is 18.2 Å². The highest BCUT2D eigenvalue weighted by Gasteiger charge is 2.31. The first-order valence-electron chi connectivity index (χ1n) is 7.50. The maximum atomic E-state index is 12.4. The Balaban J connectivity index is 1.85. The van der Waals surface area contributed by atoms with E-state index >= 15 is 0 Å². The monoisotopic (exact) mass is 338 g/mol. The fourth-order valence-electron chi connectivity index (χ4n) is 2.77. The summed E-state index contributed by atoms with van der Waals surface area (Å²) in [6.45, 7) is 3.02. The first kappa shape index (κ1) is 16.4. The third-order valence-electron chi connectivity index (χ3n) is 3.83. The molecule has 128 valence electrons. The van der Waals surface area contributed by atoms with Crippen molar-refractivity contribution in [1.29, 1.82) is 0 Å². The van der Waals surface area contributed by atoms with Gasteiger partial charge in [0, 0.05) is 26.2 Å². The molecule has 1 N–H and O–H groups in total. The van der Waals surface area contributed by atoms with E-state index in [1.807, 2.05) is 11.0 Å². The highest BCUT2D eigenvalue weighted by Crippen LogP contribution is 2.29. The third kappa shape index (κ3) is 3.69. The van der Waals surface area contributed by atoms with Crippen LogP contribution in [-0.4, -0.2) is 29.9 Å². The van der Waals surface area contributed by atoms with Crippen molar-refractivity contribution >= 4 is 11.6 Å². The predicted molar refractivity (Wildman–Crippen MR) is 84.2 cm³/mol. The molecule has 0 radical (unpaired) electrons. The third-order valence-corrected chi connectivity index (χ3v) is 3.83. The Hall–Kier alpha value is -2.51. The largest absolute Gasteiger partial charge is 0.573 e. The Kier molecular flexibility index (Phi) is 4.21. The number of anilines is 2. The summed E-state index contributed by atoms with van der Waals surface area (Å²) in [7, 11) is 1.78. The van der Waals surface area contributed by atoms with Crippen LogP contribution in [0, 0.1) is 6.92 Å². The summed E-state index contributed by atoms with van der Waals surface area (Å²) in [6, 6.07) is 6.32. The first-order valence-corrected chi connectivity index (χ1v) is 7.50. The SMILES string of the molecule is CNc1cc(N2CCc3ccc(OC(F)(F)F)cc3C2)nc(C)n1. The first-order chi connectivity index (χ1) is 11.3. The van der Waals surface area contributed by atoms with Gasteiger partial charge in [-0.2, -0.15) is 0 Å². The number of nitrogens with one attached hydrogen (secondary N) is 1. The van der Waals surface area contributed by atoms with Crippen LogP contribution < -0.4 is 15.0 Å². The molecule has 5 nitrogen and oxygen atoms in total. The van der Waals surface area contributed by atoms with Crippen molar-refractivity contribution in [2.75, 3.05) is 23.8 Å². The number of hydrogen-bond donors (Lipinski definition) is 1. The van der Waals surface area contributed by atoms with Crippen molar-refractivity contribution in [2.24, 2.45) is 0 Å². The number of fused-ring (bicyclic) bond motifs is 1. The minimum absolute atomic E-state index is 0.196. The van der Waals surface area contributed by atoms with Crippen LogP contribution >= 0.6 is 0 Å². The maximum absolute atomic E-state index is 12.4. The van der Waals surface area contributed by atoms with Crippen molar-refractivity contribution in [3.05, 3.63) is 41.2 Å². The predicted octanol–water partition coefficient (Wildman–Crippen LogP) is 3.29. The lowest BCUT2D eigenvalue weighted by Gasteiger charge is -2.30. The zero-order valence-electron chi connectivity index (χ0n) is 13.3. The maximum Gasteiger partial charge on any atom is 0.573 e. The summed E-state index contributed by atoms with van der Waals surface area (Å²) in [5, 5.41) is 2.98. The van der Waals surface area contributed by atoms with Crippen LogP contribution in [0.1, 0.15) is 17.0 Å². The Labute approximate surface area is 137 Å². The Morgan fingerprint density at radius 3 is 2.67 bits per heavy atom.